The highest BCUT2D eigenvalue weighted by molar-refractivity contribution is 8.01. The van der Waals surface area contributed by atoms with Crippen molar-refractivity contribution in [3.63, 3.8) is 0 Å². The Kier molecular flexibility index (Phi) is 3.23. The molecule has 18 heavy (non-hydrogen) atoms. The minimum absolute atomic E-state index is 0.00801. The Morgan fingerprint density at radius 3 is 3.28 bits per heavy atom. The maximum absolute atomic E-state index is 12.4. The Balaban J connectivity index is 1.62. The Labute approximate surface area is 111 Å². The number of amides is 2. The van der Waals surface area contributed by atoms with Crippen LogP contribution in [-0.4, -0.2) is 53.1 Å². The van der Waals surface area contributed by atoms with E-state index in [1.54, 1.807) is 16.7 Å². The molecular formula is C12H18N2O3S. The van der Waals surface area contributed by atoms with Crippen molar-refractivity contribution >= 4 is 23.6 Å². The lowest BCUT2D eigenvalue weighted by molar-refractivity contribution is -0.136. The molecule has 2 atom stereocenters. The van der Waals surface area contributed by atoms with Gasteiger partial charge in [0.15, 0.2) is 4.87 Å². The van der Waals surface area contributed by atoms with Gasteiger partial charge in [-0.15, -0.1) is 11.8 Å². The van der Waals surface area contributed by atoms with Crippen LogP contribution in [-0.2, 0) is 14.3 Å². The van der Waals surface area contributed by atoms with Crippen molar-refractivity contribution in [2.45, 2.75) is 36.7 Å². The van der Waals surface area contributed by atoms with Gasteiger partial charge < -0.3 is 15.0 Å². The van der Waals surface area contributed by atoms with Gasteiger partial charge in [0.25, 0.3) is 5.91 Å². The molecule has 6 heteroatoms. The van der Waals surface area contributed by atoms with Gasteiger partial charge in [-0.25, -0.2) is 0 Å². The van der Waals surface area contributed by atoms with E-state index in [9.17, 15) is 9.59 Å². The Morgan fingerprint density at radius 1 is 1.61 bits per heavy atom. The van der Waals surface area contributed by atoms with Gasteiger partial charge in [0.05, 0.1) is 6.10 Å². The molecule has 0 aromatic rings. The molecule has 3 rings (SSSR count). The molecule has 3 aliphatic rings. The molecule has 3 saturated heterocycles. The lowest BCUT2D eigenvalue weighted by atomic mass is 10.2. The van der Waals surface area contributed by atoms with E-state index in [0.29, 0.717) is 25.9 Å². The lowest BCUT2D eigenvalue weighted by Gasteiger charge is -2.29. The molecule has 0 bridgehead atoms. The van der Waals surface area contributed by atoms with E-state index >= 15 is 0 Å². The first kappa shape index (κ1) is 12.3. The van der Waals surface area contributed by atoms with Crippen molar-refractivity contribution in [1.29, 1.82) is 0 Å². The van der Waals surface area contributed by atoms with Gasteiger partial charge in [0, 0.05) is 31.9 Å². The second-order valence-corrected chi connectivity index (χ2v) is 6.40. The van der Waals surface area contributed by atoms with E-state index < -0.39 is 4.87 Å². The molecule has 0 radical (unpaired) electrons. The molecule has 0 aliphatic carbocycles. The van der Waals surface area contributed by atoms with E-state index in [-0.39, 0.29) is 17.9 Å². The zero-order valence-electron chi connectivity index (χ0n) is 10.3. The van der Waals surface area contributed by atoms with Crippen molar-refractivity contribution in [3.8, 4) is 0 Å². The minimum Gasteiger partial charge on any atom is -0.376 e. The predicted octanol–water partition coefficient (Wildman–Crippen LogP) is 0.347. The number of nitrogens with one attached hydrogen (secondary N) is 1. The standard InChI is InChI=1S/C12H18N2O3S/c15-10-3-4-12(14(10)5-7-18-12)11(16)13-8-9-2-1-6-17-9/h9H,1-8H2,(H,13,16). The van der Waals surface area contributed by atoms with E-state index in [0.717, 1.165) is 25.2 Å². The van der Waals surface area contributed by atoms with E-state index in [1.165, 1.54) is 0 Å². The molecule has 3 fully saturated rings. The van der Waals surface area contributed by atoms with Crippen LogP contribution in [0.15, 0.2) is 0 Å². The summed E-state index contributed by atoms with van der Waals surface area (Å²) < 4.78 is 5.49. The first-order chi connectivity index (χ1) is 8.72. The number of carbonyl (C=O) groups excluding carboxylic acids is 2. The molecule has 0 aromatic carbocycles. The van der Waals surface area contributed by atoms with Crippen LogP contribution in [0, 0.1) is 0 Å². The fraction of sp³-hybridized carbons (Fsp3) is 0.833. The largest absolute Gasteiger partial charge is 0.376 e. The van der Waals surface area contributed by atoms with Crippen LogP contribution >= 0.6 is 11.8 Å². The Hall–Kier alpha value is -0.750. The summed E-state index contributed by atoms with van der Waals surface area (Å²) in [7, 11) is 0. The SMILES string of the molecule is O=C1CCC2(C(=O)NCC3CCCO3)SCCN12. The first-order valence-corrected chi connectivity index (χ1v) is 7.55. The van der Waals surface area contributed by atoms with E-state index in [1.807, 2.05) is 0 Å². The van der Waals surface area contributed by atoms with Crippen LogP contribution in [0.2, 0.25) is 0 Å². The quantitative estimate of drug-likeness (QED) is 0.804. The second-order valence-electron chi connectivity index (χ2n) is 5.02. The zero-order valence-corrected chi connectivity index (χ0v) is 11.1. The van der Waals surface area contributed by atoms with Gasteiger partial charge in [-0.3, -0.25) is 9.59 Å². The average molecular weight is 270 g/mol. The van der Waals surface area contributed by atoms with Crippen molar-refractivity contribution in [3.05, 3.63) is 0 Å². The highest BCUT2D eigenvalue weighted by Crippen LogP contribution is 2.44. The first-order valence-electron chi connectivity index (χ1n) is 6.57. The molecule has 100 valence electrons. The Morgan fingerprint density at radius 2 is 2.50 bits per heavy atom. The maximum atomic E-state index is 12.4. The second kappa shape index (κ2) is 4.74. The Bertz CT molecular complexity index is 370. The summed E-state index contributed by atoms with van der Waals surface area (Å²) in [6.07, 6.45) is 3.39. The molecule has 3 heterocycles. The van der Waals surface area contributed by atoms with Crippen LogP contribution in [0.25, 0.3) is 0 Å². The van der Waals surface area contributed by atoms with Gasteiger partial charge in [-0.1, -0.05) is 0 Å². The predicted molar refractivity (Wildman–Crippen MR) is 68.1 cm³/mol. The fourth-order valence-corrected chi connectivity index (χ4v) is 4.37. The number of hydrogen-bond donors (Lipinski definition) is 1. The summed E-state index contributed by atoms with van der Waals surface area (Å²) in [6.45, 7) is 2.07. The van der Waals surface area contributed by atoms with Gasteiger partial charge in [0.1, 0.15) is 0 Å². The smallest absolute Gasteiger partial charge is 0.256 e. The molecule has 0 saturated carbocycles. The number of carbonyl (C=O) groups is 2. The number of rotatable bonds is 3. The fourth-order valence-electron chi connectivity index (χ4n) is 2.96. The van der Waals surface area contributed by atoms with Crippen LogP contribution in [0.5, 0.6) is 0 Å². The molecule has 1 N–H and O–H groups in total. The summed E-state index contributed by atoms with van der Waals surface area (Å²) >= 11 is 1.61. The van der Waals surface area contributed by atoms with Crippen molar-refractivity contribution < 1.29 is 14.3 Å². The van der Waals surface area contributed by atoms with Gasteiger partial charge in [-0.05, 0) is 19.3 Å². The summed E-state index contributed by atoms with van der Waals surface area (Å²) in [5.74, 6) is 0.970. The number of hydrogen-bond acceptors (Lipinski definition) is 4. The topological polar surface area (TPSA) is 58.6 Å². The summed E-state index contributed by atoms with van der Waals surface area (Å²) in [6, 6.07) is 0. The monoisotopic (exact) mass is 270 g/mol. The van der Waals surface area contributed by atoms with Crippen molar-refractivity contribution in [2.24, 2.45) is 0 Å². The molecule has 0 spiro atoms. The zero-order chi connectivity index (χ0) is 12.6. The minimum atomic E-state index is -0.615. The molecule has 2 unspecified atom stereocenters. The third-order valence-corrected chi connectivity index (χ3v) is 5.41. The van der Waals surface area contributed by atoms with Crippen molar-refractivity contribution in [2.75, 3.05) is 25.4 Å². The summed E-state index contributed by atoms with van der Waals surface area (Å²) in [5.41, 5.74) is 0. The van der Waals surface area contributed by atoms with Gasteiger partial charge in [-0.2, -0.15) is 0 Å². The summed E-state index contributed by atoms with van der Waals surface area (Å²) in [4.78, 5) is 25.2. The number of ether oxygens (including phenoxy) is 1. The molecule has 5 nitrogen and oxygen atoms in total. The van der Waals surface area contributed by atoms with E-state index in [2.05, 4.69) is 5.32 Å². The number of thioether (sulfide) groups is 1. The van der Waals surface area contributed by atoms with Gasteiger partial charge >= 0.3 is 0 Å². The third kappa shape index (κ3) is 1.91. The molecule has 2 amide bonds. The van der Waals surface area contributed by atoms with E-state index in [4.69, 9.17) is 4.74 Å². The molecular weight excluding hydrogens is 252 g/mol. The highest BCUT2D eigenvalue weighted by Gasteiger charge is 2.54. The third-order valence-electron chi connectivity index (χ3n) is 3.94. The average Bonchev–Trinajstić information content (AvgIpc) is 3.05. The molecule has 3 aliphatic heterocycles. The summed E-state index contributed by atoms with van der Waals surface area (Å²) in [5, 5.41) is 2.97. The van der Waals surface area contributed by atoms with Crippen LogP contribution in [0.4, 0.5) is 0 Å². The maximum Gasteiger partial charge on any atom is 0.256 e. The van der Waals surface area contributed by atoms with Crippen molar-refractivity contribution in [1.82, 2.24) is 10.2 Å². The van der Waals surface area contributed by atoms with Crippen LogP contribution in [0.3, 0.4) is 0 Å². The van der Waals surface area contributed by atoms with Crippen LogP contribution in [0.1, 0.15) is 25.7 Å². The molecule has 0 aromatic heterocycles. The normalized spacial score (nSPS) is 35.0. The van der Waals surface area contributed by atoms with Gasteiger partial charge in [0.2, 0.25) is 5.91 Å². The highest BCUT2D eigenvalue weighted by atomic mass is 32.2. The lowest BCUT2D eigenvalue weighted by Crippen LogP contribution is -2.52. The van der Waals surface area contributed by atoms with Crippen LogP contribution < -0.4 is 5.32 Å². The number of nitrogens with zero attached hydrogens (tertiary/aromatic N) is 1. The number of fused-ring (bicyclic) bond motifs is 1.